The van der Waals surface area contributed by atoms with E-state index in [-0.39, 0.29) is 18.6 Å². The lowest BCUT2D eigenvalue weighted by molar-refractivity contribution is -0.145. The van der Waals surface area contributed by atoms with Crippen molar-refractivity contribution in [2.45, 2.75) is 26.7 Å². The molecule has 15 heavy (non-hydrogen) atoms. The van der Waals surface area contributed by atoms with Gasteiger partial charge in [0, 0.05) is 11.1 Å². The van der Waals surface area contributed by atoms with Gasteiger partial charge in [-0.25, -0.2) is 4.98 Å². The number of carbonyl (C=O) groups is 2. The lowest BCUT2D eigenvalue weighted by atomic mass is 10.2. The second-order valence-corrected chi connectivity index (χ2v) is 4.02. The second-order valence-electron chi connectivity index (χ2n) is 3.08. The van der Waals surface area contributed by atoms with Crippen LogP contribution in [0, 0.1) is 6.92 Å². The molecular weight excluding hydrogens is 214 g/mol. The molecule has 5 heteroatoms. The Balaban J connectivity index is 2.39. The summed E-state index contributed by atoms with van der Waals surface area (Å²) in [6.07, 6.45) is 0.0593. The maximum atomic E-state index is 11.4. The van der Waals surface area contributed by atoms with Crippen molar-refractivity contribution in [1.82, 2.24) is 4.98 Å². The highest BCUT2D eigenvalue weighted by molar-refractivity contribution is 7.09. The van der Waals surface area contributed by atoms with Gasteiger partial charge < -0.3 is 4.74 Å². The Morgan fingerprint density at radius 3 is 2.80 bits per heavy atom. The average molecular weight is 227 g/mol. The van der Waals surface area contributed by atoms with Crippen LogP contribution in [0.25, 0.3) is 0 Å². The molecule has 1 rings (SSSR count). The van der Waals surface area contributed by atoms with Crippen molar-refractivity contribution in [3.05, 3.63) is 16.1 Å². The van der Waals surface area contributed by atoms with Crippen LogP contribution in [0.3, 0.4) is 0 Å². The fraction of sp³-hybridized carbons (Fsp3) is 0.500. The Labute approximate surface area is 92.3 Å². The van der Waals surface area contributed by atoms with Crippen molar-refractivity contribution in [3.63, 3.8) is 0 Å². The van der Waals surface area contributed by atoms with Gasteiger partial charge in [0.15, 0.2) is 5.78 Å². The minimum absolute atomic E-state index is 0.150. The standard InChI is InChI=1S/C10H13NO3S/c1-3-14-10(13)5-8(12)4-9-11-7(2)6-15-9/h6H,3-5H2,1-2H3. The zero-order valence-electron chi connectivity index (χ0n) is 8.78. The van der Waals surface area contributed by atoms with Crippen LogP contribution in [0.4, 0.5) is 0 Å². The number of esters is 1. The summed E-state index contributed by atoms with van der Waals surface area (Å²) in [5, 5.41) is 2.63. The highest BCUT2D eigenvalue weighted by Crippen LogP contribution is 2.10. The van der Waals surface area contributed by atoms with Gasteiger partial charge in [-0.05, 0) is 13.8 Å². The molecule has 0 radical (unpaired) electrons. The van der Waals surface area contributed by atoms with E-state index in [4.69, 9.17) is 0 Å². The Morgan fingerprint density at radius 1 is 1.53 bits per heavy atom. The molecule has 0 fully saturated rings. The van der Waals surface area contributed by atoms with Crippen LogP contribution >= 0.6 is 11.3 Å². The third kappa shape index (κ3) is 4.20. The summed E-state index contributed by atoms with van der Waals surface area (Å²) in [7, 11) is 0. The van der Waals surface area contributed by atoms with E-state index in [1.807, 2.05) is 12.3 Å². The highest BCUT2D eigenvalue weighted by atomic mass is 32.1. The van der Waals surface area contributed by atoms with Gasteiger partial charge in [0.05, 0.1) is 13.0 Å². The number of hydrogen-bond donors (Lipinski definition) is 0. The van der Waals surface area contributed by atoms with Crippen molar-refractivity contribution in [3.8, 4) is 0 Å². The number of carbonyl (C=O) groups excluding carboxylic acids is 2. The molecule has 0 spiro atoms. The summed E-state index contributed by atoms with van der Waals surface area (Å²) in [4.78, 5) is 26.5. The average Bonchev–Trinajstić information content (AvgIpc) is 2.51. The van der Waals surface area contributed by atoms with Gasteiger partial charge in [-0.1, -0.05) is 0 Å². The molecule has 82 valence electrons. The number of aromatic nitrogens is 1. The molecule has 0 aliphatic rings. The van der Waals surface area contributed by atoms with Gasteiger partial charge in [-0.15, -0.1) is 11.3 Å². The molecule has 0 aliphatic carbocycles. The van der Waals surface area contributed by atoms with Crippen molar-refractivity contribution < 1.29 is 14.3 Å². The summed E-state index contributed by atoms with van der Waals surface area (Å²) in [6, 6.07) is 0. The largest absolute Gasteiger partial charge is 0.466 e. The zero-order chi connectivity index (χ0) is 11.3. The first-order chi connectivity index (χ1) is 7.11. The monoisotopic (exact) mass is 227 g/mol. The first-order valence-corrected chi connectivity index (χ1v) is 5.58. The number of ketones is 1. The molecule has 0 unspecified atom stereocenters. The van der Waals surface area contributed by atoms with Crippen molar-refractivity contribution >= 4 is 23.1 Å². The van der Waals surface area contributed by atoms with Crippen molar-refractivity contribution in [1.29, 1.82) is 0 Å². The molecule has 1 aromatic rings. The van der Waals surface area contributed by atoms with E-state index in [2.05, 4.69) is 9.72 Å². The molecule has 1 aromatic heterocycles. The number of hydrogen-bond acceptors (Lipinski definition) is 5. The van der Waals surface area contributed by atoms with E-state index >= 15 is 0 Å². The van der Waals surface area contributed by atoms with Crippen molar-refractivity contribution in [2.24, 2.45) is 0 Å². The predicted molar refractivity (Wildman–Crippen MR) is 56.8 cm³/mol. The number of thiazole rings is 1. The zero-order valence-corrected chi connectivity index (χ0v) is 9.60. The summed E-state index contributed by atoms with van der Waals surface area (Å²) in [5.41, 5.74) is 0.902. The fourth-order valence-electron chi connectivity index (χ4n) is 1.09. The Hall–Kier alpha value is -1.23. The molecule has 0 amide bonds. The minimum atomic E-state index is -0.462. The number of Topliss-reactive ketones (excluding diaryl/α,β-unsaturated/α-hetero) is 1. The third-order valence-electron chi connectivity index (χ3n) is 1.66. The fourth-order valence-corrected chi connectivity index (χ4v) is 1.89. The summed E-state index contributed by atoms with van der Waals surface area (Å²) >= 11 is 1.43. The van der Waals surface area contributed by atoms with E-state index in [9.17, 15) is 9.59 Å². The molecule has 0 N–H and O–H groups in total. The SMILES string of the molecule is CCOC(=O)CC(=O)Cc1nc(C)cs1. The molecular formula is C10H13NO3S. The Kier molecular flexibility index (Phi) is 4.42. The highest BCUT2D eigenvalue weighted by Gasteiger charge is 2.12. The van der Waals surface area contributed by atoms with Gasteiger partial charge >= 0.3 is 5.97 Å². The molecule has 4 nitrogen and oxygen atoms in total. The molecule has 0 bridgehead atoms. The molecule has 0 aromatic carbocycles. The summed E-state index contributed by atoms with van der Waals surface area (Å²) in [6.45, 7) is 3.89. The van der Waals surface area contributed by atoms with Gasteiger partial charge in [0.1, 0.15) is 11.4 Å². The topological polar surface area (TPSA) is 56.3 Å². The normalized spacial score (nSPS) is 10.0. The maximum absolute atomic E-state index is 11.4. The predicted octanol–water partition coefficient (Wildman–Crippen LogP) is 1.52. The molecule has 0 saturated heterocycles. The van der Waals surface area contributed by atoms with Gasteiger partial charge in [-0.2, -0.15) is 0 Å². The number of rotatable bonds is 5. The summed E-state index contributed by atoms with van der Waals surface area (Å²) < 4.78 is 4.68. The van der Waals surface area contributed by atoms with Crippen LogP contribution in [-0.4, -0.2) is 23.3 Å². The molecule has 0 aliphatic heterocycles. The van der Waals surface area contributed by atoms with E-state index in [1.165, 1.54) is 11.3 Å². The number of aryl methyl sites for hydroxylation is 1. The van der Waals surface area contributed by atoms with Crippen LogP contribution in [0.1, 0.15) is 24.0 Å². The van der Waals surface area contributed by atoms with E-state index in [0.29, 0.717) is 6.61 Å². The smallest absolute Gasteiger partial charge is 0.313 e. The Bertz CT molecular complexity index is 359. The molecule has 0 atom stereocenters. The van der Waals surface area contributed by atoms with E-state index < -0.39 is 5.97 Å². The molecule has 1 heterocycles. The first kappa shape index (κ1) is 11.8. The second kappa shape index (κ2) is 5.60. The number of ether oxygens (including phenoxy) is 1. The summed E-state index contributed by atoms with van der Waals surface area (Å²) in [5.74, 6) is -0.612. The maximum Gasteiger partial charge on any atom is 0.313 e. The van der Waals surface area contributed by atoms with E-state index in [1.54, 1.807) is 6.92 Å². The van der Waals surface area contributed by atoms with Crippen LogP contribution in [-0.2, 0) is 20.7 Å². The van der Waals surface area contributed by atoms with Gasteiger partial charge in [0.2, 0.25) is 0 Å². The minimum Gasteiger partial charge on any atom is -0.466 e. The van der Waals surface area contributed by atoms with Crippen LogP contribution in [0.5, 0.6) is 0 Å². The lowest BCUT2D eigenvalue weighted by Gasteiger charge is -1.99. The van der Waals surface area contributed by atoms with Crippen LogP contribution < -0.4 is 0 Å². The quantitative estimate of drug-likeness (QED) is 0.565. The van der Waals surface area contributed by atoms with Crippen molar-refractivity contribution in [2.75, 3.05) is 6.61 Å². The lowest BCUT2D eigenvalue weighted by Crippen LogP contribution is -2.12. The van der Waals surface area contributed by atoms with Crippen LogP contribution in [0.2, 0.25) is 0 Å². The third-order valence-corrected chi connectivity index (χ3v) is 2.63. The Morgan fingerprint density at radius 2 is 2.27 bits per heavy atom. The first-order valence-electron chi connectivity index (χ1n) is 4.70. The molecule has 0 saturated carbocycles. The van der Waals surface area contributed by atoms with Gasteiger partial charge in [0.25, 0.3) is 0 Å². The van der Waals surface area contributed by atoms with Crippen LogP contribution in [0.15, 0.2) is 5.38 Å². The van der Waals surface area contributed by atoms with Gasteiger partial charge in [-0.3, -0.25) is 9.59 Å². The van der Waals surface area contributed by atoms with E-state index in [0.717, 1.165) is 10.7 Å². The number of nitrogens with zero attached hydrogens (tertiary/aromatic N) is 1.